The topological polar surface area (TPSA) is 135 Å². The van der Waals surface area contributed by atoms with Crippen LogP contribution in [0.25, 0.3) is 16.9 Å². The van der Waals surface area contributed by atoms with Crippen molar-refractivity contribution in [2.75, 3.05) is 18.4 Å². The van der Waals surface area contributed by atoms with Gasteiger partial charge in [0.25, 0.3) is 6.47 Å². The van der Waals surface area contributed by atoms with Gasteiger partial charge in [-0.3, -0.25) is 9.36 Å². The smallest absolute Gasteiger partial charge is 0.319 e. The summed E-state index contributed by atoms with van der Waals surface area (Å²) in [7, 11) is 0. The van der Waals surface area contributed by atoms with E-state index in [0.717, 1.165) is 60.5 Å². The summed E-state index contributed by atoms with van der Waals surface area (Å²) in [6.07, 6.45) is 8.83. The van der Waals surface area contributed by atoms with Crippen molar-refractivity contribution in [3.8, 4) is 5.69 Å². The molecule has 0 spiro atoms. The normalized spacial score (nSPS) is 10.5. The van der Waals surface area contributed by atoms with Gasteiger partial charge in [-0.2, -0.15) is 0 Å². The fraction of sp³-hybridized carbons (Fsp3) is 0.333. The monoisotopic (exact) mass is 530 g/mol. The Labute approximate surface area is 229 Å². The van der Waals surface area contributed by atoms with Crippen molar-refractivity contribution >= 4 is 29.4 Å². The number of anilines is 1. The number of carbonyl (C=O) groups excluding carboxylic acids is 1. The summed E-state index contributed by atoms with van der Waals surface area (Å²) in [5.74, 6) is 0.972. The van der Waals surface area contributed by atoms with E-state index >= 15 is 0 Å². The average molecular weight is 531 g/mol. The van der Waals surface area contributed by atoms with Gasteiger partial charge in [0.1, 0.15) is 11.3 Å². The van der Waals surface area contributed by atoms with Crippen LogP contribution < -0.4 is 16.4 Å². The number of amides is 2. The number of aryl methyl sites for hydroxylation is 2. The van der Waals surface area contributed by atoms with E-state index in [1.54, 1.807) is 6.20 Å². The van der Waals surface area contributed by atoms with Crippen molar-refractivity contribution in [3.63, 3.8) is 0 Å². The van der Waals surface area contributed by atoms with Crippen LogP contribution in [-0.4, -0.2) is 45.2 Å². The number of benzene rings is 2. The van der Waals surface area contributed by atoms with Gasteiger partial charge in [-0.1, -0.05) is 50.5 Å². The molecule has 2 aromatic carbocycles. The molecule has 4 aromatic rings. The van der Waals surface area contributed by atoms with Gasteiger partial charge in [-0.25, -0.2) is 14.8 Å². The molecule has 0 atom stereocenters. The molecule has 2 aromatic heterocycles. The third kappa shape index (κ3) is 8.93. The van der Waals surface area contributed by atoms with E-state index in [2.05, 4.69) is 63.5 Å². The van der Waals surface area contributed by atoms with Crippen LogP contribution in [0.1, 0.15) is 49.6 Å². The molecule has 2 amide bonds. The summed E-state index contributed by atoms with van der Waals surface area (Å²) in [6, 6.07) is 20.2. The Morgan fingerprint density at radius 3 is 2.36 bits per heavy atom. The number of hydrogen-bond donors (Lipinski definition) is 4. The Kier molecular flexibility index (Phi) is 11.9. The summed E-state index contributed by atoms with van der Waals surface area (Å²) in [6.45, 7) is 3.27. The first kappa shape index (κ1) is 29.3. The number of unbranched alkanes of at least 4 members (excludes halogenated alkanes) is 3. The predicted octanol–water partition coefficient (Wildman–Crippen LogP) is 5.11. The molecule has 0 aliphatic carbocycles. The standard InChI is InChI=1S/C29H36N6O.CH2O2/c1-2-3-4-5-20-32-29(36)33-24-13-8-22(9-14-24)12-17-27-34-26-7-6-21-31-28(26)35(27)25-15-10-23(11-16-25)18-19-30;2-1-3/h6-11,13-16,21H,2-5,12,17-20,30H2,1H3,(H2,32,33,36);1H,(H,2,3). The Hall–Kier alpha value is -4.24. The molecule has 9 heteroatoms. The molecule has 0 fully saturated rings. The van der Waals surface area contributed by atoms with Gasteiger partial charge >= 0.3 is 6.03 Å². The van der Waals surface area contributed by atoms with E-state index in [1.165, 1.54) is 24.0 Å². The lowest BCUT2D eigenvalue weighted by molar-refractivity contribution is -0.122. The number of nitrogens with two attached hydrogens (primary N) is 1. The second-order valence-electron chi connectivity index (χ2n) is 9.16. The van der Waals surface area contributed by atoms with Crippen LogP contribution >= 0.6 is 0 Å². The lowest BCUT2D eigenvalue weighted by atomic mass is 10.1. The van der Waals surface area contributed by atoms with Crippen molar-refractivity contribution in [1.82, 2.24) is 19.9 Å². The zero-order chi connectivity index (χ0) is 27.9. The molecule has 0 saturated carbocycles. The van der Waals surface area contributed by atoms with Gasteiger partial charge in [0, 0.05) is 30.5 Å². The maximum absolute atomic E-state index is 12.1. The van der Waals surface area contributed by atoms with Crippen molar-refractivity contribution in [3.05, 3.63) is 83.8 Å². The number of pyridine rings is 1. The average Bonchev–Trinajstić information content (AvgIpc) is 3.32. The highest BCUT2D eigenvalue weighted by Crippen LogP contribution is 2.22. The van der Waals surface area contributed by atoms with E-state index in [1.807, 2.05) is 24.3 Å². The zero-order valence-corrected chi connectivity index (χ0v) is 22.5. The summed E-state index contributed by atoms with van der Waals surface area (Å²) >= 11 is 0. The number of hydrogen-bond acceptors (Lipinski definition) is 5. The molecule has 0 unspecified atom stereocenters. The molecule has 0 bridgehead atoms. The number of carbonyl (C=O) groups is 2. The molecular formula is C30H38N6O3. The number of carboxylic acid groups (broad SMARTS) is 1. The zero-order valence-electron chi connectivity index (χ0n) is 22.5. The van der Waals surface area contributed by atoms with E-state index in [-0.39, 0.29) is 12.5 Å². The van der Waals surface area contributed by atoms with Gasteiger partial charge in [0.15, 0.2) is 5.65 Å². The van der Waals surface area contributed by atoms with Crippen molar-refractivity contribution in [2.24, 2.45) is 5.73 Å². The molecule has 2 heterocycles. The van der Waals surface area contributed by atoms with Gasteiger partial charge in [-0.15, -0.1) is 0 Å². The largest absolute Gasteiger partial charge is 0.483 e. The third-order valence-electron chi connectivity index (χ3n) is 6.28. The molecule has 5 N–H and O–H groups in total. The number of fused-ring (bicyclic) bond motifs is 1. The summed E-state index contributed by atoms with van der Waals surface area (Å²) in [5.41, 5.74) is 11.7. The summed E-state index contributed by atoms with van der Waals surface area (Å²) in [4.78, 5) is 30.0. The number of rotatable bonds is 12. The van der Waals surface area contributed by atoms with Crippen LogP contribution in [-0.2, 0) is 24.1 Å². The first-order valence-corrected chi connectivity index (χ1v) is 13.4. The van der Waals surface area contributed by atoms with E-state index < -0.39 is 0 Å². The highest BCUT2D eigenvalue weighted by molar-refractivity contribution is 5.89. The number of nitrogens with one attached hydrogen (secondary N) is 2. The Morgan fingerprint density at radius 1 is 0.974 bits per heavy atom. The van der Waals surface area contributed by atoms with Gasteiger partial charge in [0.05, 0.1) is 0 Å². The molecule has 4 rings (SSSR count). The van der Waals surface area contributed by atoms with E-state index in [9.17, 15) is 4.79 Å². The lowest BCUT2D eigenvalue weighted by Crippen LogP contribution is -2.29. The quantitative estimate of drug-likeness (QED) is 0.148. The molecule has 0 aliphatic heterocycles. The fourth-order valence-corrected chi connectivity index (χ4v) is 4.32. The van der Waals surface area contributed by atoms with E-state index in [0.29, 0.717) is 13.1 Å². The molecule has 0 aliphatic rings. The minimum absolute atomic E-state index is 0.155. The third-order valence-corrected chi connectivity index (χ3v) is 6.28. The lowest BCUT2D eigenvalue weighted by Gasteiger charge is -2.11. The van der Waals surface area contributed by atoms with Crippen LogP contribution in [0.3, 0.4) is 0 Å². The van der Waals surface area contributed by atoms with Crippen LogP contribution in [0, 0.1) is 0 Å². The van der Waals surface area contributed by atoms with Crippen molar-refractivity contribution in [2.45, 2.75) is 51.9 Å². The van der Waals surface area contributed by atoms with E-state index in [4.69, 9.17) is 20.6 Å². The number of nitrogens with zero attached hydrogens (tertiary/aromatic N) is 3. The minimum Gasteiger partial charge on any atom is -0.483 e. The van der Waals surface area contributed by atoms with Crippen LogP contribution in [0.5, 0.6) is 0 Å². The summed E-state index contributed by atoms with van der Waals surface area (Å²) < 4.78 is 2.14. The van der Waals surface area contributed by atoms with Gasteiger partial charge in [-0.05, 0) is 73.3 Å². The molecule has 39 heavy (non-hydrogen) atoms. The van der Waals surface area contributed by atoms with Gasteiger partial charge in [0.2, 0.25) is 0 Å². The Bertz CT molecular complexity index is 1300. The first-order valence-electron chi connectivity index (χ1n) is 13.4. The molecule has 0 radical (unpaired) electrons. The second-order valence-corrected chi connectivity index (χ2v) is 9.16. The van der Waals surface area contributed by atoms with Crippen LogP contribution in [0.15, 0.2) is 66.9 Å². The highest BCUT2D eigenvalue weighted by Gasteiger charge is 2.13. The highest BCUT2D eigenvalue weighted by atomic mass is 16.3. The molecule has 9 nitrogen and oxygen atoms in total. The maximum Gasteiger partial charge on any atom is 0.319 e. The molecule has 206 valence electrons. The van der Waals surface area contributed by atoms with Crippen molar-refractivity contribution in [1.29, 1.82) is 0 Å². The Balaban J connectivity index is 0.00000134. The van der Waals surface area contributed by atoms with Crippen LogP contribution in [0.2, 0.25) is 0 Å². The fourth-order valence-electron chi connectivity index (χ4n) is 4.32. The predicted molar refractivity (Wildman–Crippen MR) is 155 cm³/mol. The molecule has 0 saturated heterocycles. The van der Waals surface area contributed by atoms with Crippen LogP contribution in [0.4, 0.5) is 10.5 Å². The SMILES string of the molecule is CCCCCCNC(=O)Nc1ccc(CCc2nc3cccnc3n2-c2ccc(CCN)cc2)cc1.O=CO. The number of aromatic nitrogens is 3. The molecular weight excluding hydrogens is 492 g/mol. The van der Waals surface area contributed by atoms with Gasteiger partial charge < -0.3 is 21.5 Å². The summed E-state index contributed by atoms with van der Waals surface area (Å²) in [5, 5.41) is 12.7. The second kappa shape index (κ2) is 15.9. The number of urea groups is 1. The van der Waals surface area contributed by atoms with Crippen molar-refractivity contribution < 1.29 is 14.7 Å². The maximum atomic E-state index is 12.1. The number of imidazole rings is 1. The minimum atomic E-state index is -0.250. The first-order chi connectivity index (χ1) is 19.1. The Morgan fingerprint density at radius 2 is 1.67 bits per heavy atom.